The molecule has 1 aliphatic rings. The molecule has 1 unspecified atom stereocenters. The fourth-order valence-electron chi connectivity index (χ4n) is 2.63. The summed E-state index contributed by atoms with van der Waals surface area (Å²) in [6, 6.07) is 11.5. The van der Waals surface area contributed by atoms with Crippen LogP contribution in [-0.4, -0.2) is 23.8 Å². The fraction of sp³-hybridized carbons (Fsp3) is 0.125. The van der Waals surface area contributed by atoms with Crippen LogP contribution in [0.2, 0.25) is 0 Å². The SMILES string of the molecule is CN1C(=O)C(c2ccccc2)(c2cc(F)cc(F)c2)N=C1N. The number of nitrogens with two attached hydrogens (primary N) is 1. The van der Waals surface area contributed by atoms with Crippen LogP contribution in [0.5, 0.6) is 0 Å². The number of rotatable bonds is 2. The molecule has 0 spiro atoms. The number of aliphatic imine (C=N–C) groups is 1. The number of amides is 1. The van der Waals surface area contributed by atoms with E-state index in [1.165, 1.54) is 11.9 Å². The molecule has 1 atom stereocenters. The zero-order chi connectivity index (χ0) is 15.9. The monoisotopic (exact) mass is 301 g/mol. The molecule has 0 saturated carbocycles. The summed E-state index contributed by atoms with van der Waals surface area (Å²) in [4.78, 5) is 18.2. The Bertz CT molecular complexity index is 756. The van der Waals surface area contributed by atoms with Crippen molar-refractivity contribution in [2.45, 2.75) is 5.54 Å². The molecule has 6 heteroatoms. The van der Waals surface area contributed by atoms with Crippen molar-refractivity contribution < 1.29 is 13.6 Å². The lowest BCUT2D eigenvalue weighted by molar-refractivity contribution is -0.129. The molecule has 2 aromatic rings. The van der Waals surface area contributed by atoms with Crippen LogP contribution in [0.25, 0.3) is 0 Å². The van der Waals surface area contributed by atoms with Crippen LogP contribution in [0.3, 0.4) is 0 Å². The van der Waals surface area contributed by atoms with Crippen molar-refractivity contribution in [3.63, 3.8) is 0 Å². The van der Waals surface area contributed by atoms with Crippen LogP contribution in [0.1, 0.15) is 11.1 Å². The Morgan fingerprint density at radius 1 is 1.05 bits per heavy atom. The van der Waals surface area contributed by atoms with Gasteiger partial charge in [-0.2, -0.15) is 0 Å². The molecule has 3 rings (SSSR count). The van der Waals surface area contributed by atoms with E-state index in [0.29, 0.717) is 5.56 Å². The lowest BCUT2D eigenvalue weighted by Gasteiger charge is -2.26. The van der Waals surface area contributed by atoms with Gasteiger partial charge in [-0.3, -0.25) is 9.69 Å². The average molecular weight is 301 g/mol. The van der Waals surface area contributed by atoms with Crippen molar-refractivity contribution >= 4 is 11.9 Å². The van der Waals surface area contributed by atoms with Crippen LogP contribution in [0.15, 0.2) is 53.5 Å². The van der Waals surface area contributed by atoms with Gasteiger partial charge in [-0.05, 0) is 23.3 Å². The Balaban J connectivity index is 2.32. The Hall–Kier alpha value is -2.76. The lowest BCUT2D eigenvalue weighted by atomic mass is 9.83. The number of nitrogens with zero attached hydrogens (tertiary/aromatic N) is 2. The highest BCUT2D eigenvalue weighted by atomic mass is 19.1. The third-order valence-electron chi connectivity index (χ3n) is 3.71. The van der Waals surface area contributed by atoms with E-state index in [1.54, 1.807) is 30.3 Å². The maximum Gasteiger partial charge on any atom is 0.266 e. The van der Waals surface area contributed by atoms with Crippen molar-refractivity contribution in [3.05, 3.63) is 71.3 Å². The van der Waals surface area contributed by atoms with Crippen molar-refractivity contribution in [3.8, 4) is 0 Å². The quantitative estimate of drug-likeness (QED) is 0.922. The molecule has 0 fully saturated rings. The van der Waals surface area contributed by atoms with E-state index in [1.807, 2.05) is 0 Å². The van der Waals surface area contributed by atoms with E-state index in [2.05, 4.69) is 4.99 Å². The highest BCUT2D eigenvalue weighted by Gasteiger charge is 2.49. The summed E-state index contributed by atoms with van der Waals surface area (Å²) < 4.78 is 27.3. The third-order valence-corrected chi connectivity index (χ3v) is 3.71. The smallest absolute Gasteiger partial charge is 0.266 e. The molecule has 2 N–H and O–H groups in total. The van der Waals surface area contributed by atoms with E-state index in [0.717, 1.165) is 18.2 Å². The number of hydrogen-bond donors (Lipinski definition) is 1. The summed E-state index contributed by atoms with van der Waals surface area (Å²) in [6.45, 7) is 0. The molecule has 0 radical (unpaired) electrons. The summed E-state index contributed by atoms with van der Waals surface area (Å²) >= 11 is 0. The van der Waals surface area contributed by atoms with Gasteiger partial charge in [0.1, 0.15) is 11.6 Å². The van der Waals surface area contributed by atoms with E-state index in [-0.39, 0.29) is 11.5 Å². The van der Waals surface area contributed by atoms with E-state index in [4.69, 9.17) is 5.73 Å². The first-order valence-electron chi connectivity index (χ1n) is 6.61. The fourth-order valence-corrected chi connectivity index (χ4v) is 2.63. The molecule has 4 nitrogen and oxygen atoms in total. The predicted octanol–water partition coefficient (Wildman–Crippen LogP) is 2.00. The van der Waals surface area contributed by atoms with Crippen LogP contribution < -0.4 is 5.73 Å². The van der Waals surface area contributed by atoms with E-state index < -0.39 is 23.1 Å². The molecule has 1 heterocycles. The minimum Gasteiger partial charge on any atom is -0.369 e. The minimum absolute atomic E-state index is 0.00137. The van der Waals surface area contributed by atoms with Gasteiger partial charge >= 0.3 is 0 Å². The second-order valence-corrected chi connectivity index (χ2v) is 5.07. The molecular weight excluding hydrogens is 288 g/mol. The Morgan fingerprint density at radius 2 is 1.64 bits per heavy atom. The van der Waals surface area contributed by atoms with E-state index >= 15 is 0 Å². The molecule has 0 saturated heterocycles. The van der Waals surface area contributed by atoms with Gasteiger partial charge in [-0.25, -0.2) is 13.8 Å². The Kier molecular flexibility index (Phi) is 3.16. The van der Waals surface area contributed by atoms with Crippen LogP contribution in [0, 0.1) is 11.6 Å². The van der Waals surface area contributed by atoms with E-state index in [9.17, 15) is 13.6 Å². The van der Waals surface area contributed by atoms with Gasteiger partial charge in [0.05, 0.1) is 0 Å². The lowest BCUT2D eigenvalue weighted by Crippen LogP contribution is -2.41. The third kappa shape index (κ3) is 1.95. The largest absolute Gasteiger partial charge is 0.369 e. The van der Waals surface area contributed by atoms with Crippen molar-refractivity contribution in [2.75, 3.05) is 7.05 Å². The zero-order valence-corrected chi connectivity index (χ0v) is 11.8. The van der Waals surface area contributed by atoms with Gasteiger partial charge in [0.15, 0.2) is 11.5 Å². The van der Waals surface area contributed by atoms with Crippen LogP contribution in [0.4, 0.5) is 8.78 Å². The normalized spacial score (nSPS) is 21.1. The van der Waals surface area contributed by atoms with Crippen molar-refractivity contribution in [2.24, 2.45) is 10.7 Å². The number of hydrogen-bond acceptors (Lipinski definition) is 3. The molecular formula is C16H13F2N3O. The van der Waals surface area contributed by atoms with Gasteiger partial charge in [-0.15, -0.1) is 0 Å². The highest BCUT2D eigenvalue weighted by molar-refractivity contribution is 6.08. The molecule has 0 aromatic heterocycles. The first-order chi connectivity index (χ1) is 10.4. The second-order valence-electron chi connectivity index (χ2n) is 5.07. The van der Waals surface area contributed by atoms with Crippen molar-refractivity contribution in [1.29, 1.82) is 0 Å². The Labute approximate surface area is 125 Å². The van der Waals surface area contributed by atoms with Crippen LogP contribution in [-0.2, 0) is 10.3 Å². The first-order valence-corrected chi connectivity index (χ1v) is 6.61. The molecule has 2 aromatic carbocycles. The number of halogens is 2. The van der Waals surface area contributed by atoms with Gasteiger partial charge in [0, 0.05) is 13.1 Å². The topological polar surface area (TPSA) is 58.7 Å². The molecule has 112 valence electrons. The van der Waals surface area contributed by atoms with Gasteiger partial charge in [0.2, 0.25) is 0 Å². The first kappa shape index (κ1) is 14.2. The number of carbonyl (C=O) groups excluding carboxylic acids is 1. The Morgan fingerprint density at radius 3 is 2.14 bits per heavy atom. The highest BCUT2D eigenvalue weighted by Crippen LogP contribution is 2.39. The van der Waals surface area contributed by atoms with Gasteiger partial charge in [0.25, 0.3) is 5.91 Å². The standard InChI is InChI=1S/C16H13F2N3O/c1-21-14(22)16(20-15(21)19,10-5-3-2-4-6-10)11-7-12(17)9-13(18)8-11/h2-9H,1H3,(H2,19,20). The summed E-state index contributed by atoms with van der Waals surface area (Å²) in [7, 11) is 1.47. The number of carbonyl (C=O) groups is 1. The van der Waals surface area contributed by atoms with Crippen molar-refractivity contribution in [1.82, 2.24) is 4.90 Å². The minimum atomic E-state index is -1.57. The average Bonchev–Trinajstić information content (AvgIpc) is 2.72. The van der Waals surface area contributed by atoms with Crippen LogP contribution >= 0.6 is 0 Å². The molecule has 22 heavy (non-hydrogen) atoms. The van der Waals surface area contributed by atoms with Gasteiger partial charge < -0.3 is 5.73 Å². The zero-order valence-electron chi connectivity index (χ0n) is 11.8. The summed E-state index contributed by atoms with van der Waals surface area (Å²) in [5, 5.41) is 0. The van der Waals surface area contributed by atoms with Gasteiger partial charge in [-0.1, -0.05) is 30.3 Å². The summed E-state index contributed by atoms with van der Waals surface area (Å²) in [5.41, 5.74) is 4.80. The summed E-state index contributed by atoms with van der Waals surface area (Å²) in [5.74, 6) is -2.01. The second kappa shape index (κ2) is 4.91. The molecule has 1 amide bonds. The number of benzene rings is 2. The number of guanidine groups is 1. The molecule has 0 aliphatic carbocycles. The number of likely N-dealkylation sites (N-methyl/N-ethyl adjacent to an activating group) is 1. The molecule has 0 bridgehead atoms. The summed E-state index contributed by atoms with van der Waals surface area (Å²) in [6.07, 6.45) is 0. The maximum absolute atomic E-state index is 13.6. The maximum atomic E-state index is 13.6. The predicted molar refractivity (Wildman–Crippen MR) is 78.0 cm³/mol. The molecule has 1 aliphatic heterocycles.